The van der Waals surface area contributed by atoms with Gasteiger partial charge in [0, 0.05) is 34.9 Å². The lowest BCUT2D eigenvalue weighted by atomic mass is 10.0. The summed E-state index contributed by atoms with van der Waals surface area (Å²) in [5.74, 6) is -2.63. The zero-order chi connectivity index (χ0) is 26.0. The number of alkyl halides is 3. The molecule has 0 saturated carbocycles. The van der Waals surface area contributed by atoms with Crippen molar-refractivity contribution in [2.75, 3.05) is 0 Å². The number of nitro benzene ring substituents is 1. The predicted octanol–water partition coefficient (Wildman–Crippen LogP) is 6.66. The summed E-state index contributed by atoms with van der Waals surface area (Å²) in [5.41, 5.74) is -2.09. The third-order valence-corrected chi connectivity index (χ3v) is 5.31. The van der Waals surface area contributed by atoms with Crippen molar-refractivity contribution in [3.63, 3.8) is 0 Å². The van der Waals surface area contributed by atoms with Crippen LogP contribution in [-0.4, -0.2) is 10.9 Å². The summed E-state index contributed by atoms with van der Waals surface area (Å²) in [6.07, 6.45) is -2.76. The van der Waals surface area contributed by atoms with Gasteiger partial charge in [-0.1, -0.05) is 41.9 Å². The second-order valence-corrected chi connectivity index (χ2v) is 7.78. The first-order chi connectivity index (χ1) is 17.0. The zero-order valence-electron chi connectivity index (χ0n) is 17.9. The van der Waals surface area contributed by atoms with E-state index in [0.717, 1.165) is 12.1 Å². The van der Waals surface area contributed by atoms with Crippen LogP contribution in [0, 0.1) is 10.1 Å². The molecule has 4 rings (SSSR count). The van der Waals surface area contributed by atoms with Gasteiger partial charge in [0.2, 0.25) is 11.2 Å². The first kappa shape index (κ1) is 24.7. The summed E-state index contributed by atoms with van der Waals surface area (Å²) in [5, 5.41) is 10.6. The summed E-state index contributed by atoms with van der Waals surface area (Å²) in [7, 11) is 0. The van der Waals surface area contributed by atoms with E-state index in [0.29, 0.717) is 5.56 Å². The molecular weight excluding hydrogens is 503 g/mol. The Morgan fingerprint density at radius 2 is 1.81 bits per heavy atom. The number of nitro groups is 1. The van der Waals surface area contributed by atoms with Crippen LogP contribution in [0.25, 0.3) is 28.2 Å². The first-order valence-electron chi connectivity index (χ1n) is 10.1. The molecule has 0 aliphatic carbocycles. The largest absolute Gasteiger partial charge is 0.450 e. The molecule has 0 atom stereocenters. The van der Waals surface area contributed by atoms with Crippen molar-refractivity contribution < 1.29 is 32.0 Å². The van der Waals surface area contributed by atoms with Crippen LogP contribution in [0.1, 0.15) is 11.3 Å². The van der Waals surface area contributed by atoms with E-state index in [9.17, 15) is 32.9 Å². The average molecular weight is 516 g/mol. The lowest BCUT2D eigenvalue weighted by Crippen LogP contribution is -2.16. The number of esters is 1. The van der Waals surface area contributed by atoms with Gasteiger partial charge in [-0.25, -0.2) is 4.79 Å². The number of carbonyl (C=O) groups excluding carboxylic acids is 1. The number of hydrogen-bond donors (Lipinski definition) is 0. The molecule has 7 nitrogen and oxygen atoms in total. The molecule has 182 valence electrons. The van der Waals surface area contributed by atoms with Crippen molar-refractivity contribution in [2.45, 2.75) is 6.18 Å². The smallest absolute Gasteiger partial charge is 0.450 e. The molecule has 0 N–H and O–H groups in total. The van der Waals surface area contributed by atoms with Gasteiger partial charge in [-0.05, 0) is 29.8 Å². The number of carbonyl (C=O) groups is 1. The zero-order valence-corrected chi connectivity index (χ0v) is 18.7. The highest BCUT2D eigenvalue weighted by Gasteiger charge is 2.39. The van der Waals surface area contributed by atoms with E-state index < -0.39 is 39.4 Å². The minimum absolute atomic E-state index is 0.0595. The monoisotopic (exact) mass is 515 g/mol. The number of rotatable bonds is 5. The van der Waals surface area contributed by atoms with E-state index in [4.69, 9.17) is 20.8 Å². The van der Waals surface area contributed by atoms with Gasteiger partial charge in [0.1, 0.15) is 11.3 Å². The average Bonchev–Trinajstić information content (AvgIpc) is 2.83. The summed E-state index contributed by atoms with van der Waals surface area (Å²) in [6, 6.07) is 14.4. The number of fused-ring (bicyclic) bond motifs is 1. The molecule has 1 aromatic heterocycles. The number of non-ortho nitro benzene ring substituents is 1. The molecule has 1 heterocycles. The van der Waals surface area contributed by atoms with E-state index >= 15 is 0 Å². The van der Waals surface area contributed by atoms with Gasteiger partial charge in [-0.2, -0.15) is 13.2 Å². The van der Waals surface area contributed by atoms with Gasteiger partial charge in [0.25, 0.3) is 5.69 Å². The molecule has 0 saturated heterocycles. The molecule has 0 fully saturated rings. The Hall–Kier alpha value is -4.44. The third kappa shape index (κ3) is 5.13. The van der Waals surface area contributed by atoms with Crippen molar-refractivity contribution in [1.82, 2.24) is 0 Å². The fourth-order valence-corrected chi connectivity index (χ4v) is 3.63. The normalized spacial score (nSPS) is 11.7. The van der Waals surface area contributed by atoms with Crippen LogP contribution < -0.4 is 10.2 Å². The van der Waals surface area contributed by atoms with Crippen LogP contribution in [-0.2, 0) is 11.0 Å². The maximum Gasteiger partial charge on any atom is 0.450 e. The Morgan fingerprint density at radius 3 is 2.50 bits per heavy atom. The fraction of sp³-hybridized carbons (Fsp3) is 0.0400. The second-order valence-electron chi connectivity index (χ2n) is 7.38. The van der Waals surface area contributed by atoms with Crippen LogP contribution in [0.5, 0.6) is 5.75 Å². The van der Waals surface area contributed by atoms with Gasteiger partial charge in [0.05, 0.1) is 15.9 Å². The molecule has 0 aliphatic heterocycles. The summed E-state index contributed by atoms with van der Waals surface area (Å²) < 4.78 is 51.6. The first-order valence-corrected chi connectivity index (χ1v) is 10.5. The Balaban J connectivity index is 1.69. The lowest BCUT2D eigenvalue weighted by molar-refractivity contribution is -0.384. The lowest BCUT2D eigenvalue weighted by Gasteiger charge is -2.14. The number of hydrogen-bond acceptors (Lipinski definition) is 6. The Kier molecular flexibility index (Phi) is 6.63. The van der Waals surface area contributed by atoms with Crippen molar-refractivity contribution in [3.8, 4) is 16.9 Å². The molecule has 0 bridgehead atoms. The predicted molar refractivity (Wildman–Crippen MR) is 126 cm³/mol. The summed E-state index contributed by atoms with van der Waals surface area (Å²) in [6.45, 7) is 0. The minimum Gasteiger partial charge on any atom is -0.450 e. The highest BCUT2D eigenvalue weighted by Crippen LogP contribution is 2.39. The minimum atomic E-state index is -5.02. The number of ether oxygens (including phenoxy) is 1. The van der Waals surface area contributed by atoms with Crippen LogP contribution in [0.3, 0.4) is 0 Å². The molecule has 11 heteroatoms. The number of nitrogens with zero attached hydrogens (tertiary/aromatic N) is 1. The van der Waals surface area contributed by atoms with E-state index in [1.54, 1.807) is 0 Å². The van der Waals surface area contributed by atoms with E-state index in [-0.39, 0.29) is 27.4 Å². The van der Waals surface area contributed by atoms with E-state index in [1.165, 1.54) is 66.7 Å². The molecule has 4 aromatic rings. The molecule has 0 unspecified atom stereocenters. The van der Waals surface area contributed by atoms with Gasteiger partial charge in [-0.3, -0.25) is 14.9 Å². The van der Waals surface area contributed by atoms with Crippen molar-refractivity contribution in [2.24, 2.45) is 0 Å². The summed E-state index contributed by atoms with van der Waals surface area (Å²) >= 11 is 6.04. The van der Waals surface area contributed by atoms with Gasteiger partial charge in [0.15, 0.2) is 0 Å². The maximum absolute atomic E-state index is 13.8. The maximum atomic E-state index is 13.8. The van der Waals surface area contributed by atoms with E-state index in [2.05, 4.69) is 0 Å². The molecular formula is C25H13ClF3NO6. The molecule has 0 amide bonds. The van der Waals surface area contributed by atoms with E-state index in [1.807, 2.05) is 0 Å². The SMILES string of the molecule is O=C(C=Cc1cccc([N+](=O)[O-])c1)Oc1ccc2c(=O)c(-c3ccccc3Cl)c(C(F)(F)F)oc2c1. The third-order valence-electron chi connectivity index (χ3n) is 4.98. The molecule has 0 radical (unpaired) electrons. The molecule has 36 heavy (non-hydrogen) atoms. The molecule has 0 aliphatic rings. The van der Waals surface area contributed by atoms with Crippen LogP contribution >= 0.6 is 11.6 Å². The van der Waals surface area contributed by atoms with Crippen LogP contribution in [0.2, 0.25) is 5.02 Å². The number of halogens is 4. The highest BCUT2D eigenvalue weighted by molar-refractivity contribution is 6.33. The van der Waals surface area contributed by atoms with Gasteiger partial charge in [-0.15, -0.1) is 0 Å². The standard InChI is InChI=1S/C25H13ClF3NO6/c26-19-7-2-1-6-17(19)22-23(32)18-10-9-16(13-20(18)36-24(22)25(27,28)29)35-21(31)11-8-14-4-3-5-15(12-14)30(33)34/h1-13H. The summed E-state index contributed by atoms with van der Waals surface area (Å²) in [4.78, 5) is 35.5. The Morgan fingerprint density at radius 1 is 1.06 bits per heavy atom. The Bertz CT molecular complexity index is 1590. The second kappa shape index (κ2) is 9.67. The number of benzene rings is 3. The quantitative estimate of drug-likeness (QED) is 0.0968. The van der Waals surface area contributed by atoms with Crippen molar-refractivity contribution in [3.05, 3.63) is 109 Å². The molecule has 3 aromatic carbocycles. The molecule has 0 spiro atoms. The van der Waals surface area contributed by atoms with Crippen molar-refractivity contribution in [1.29, 1.82) is 0 Å². The highest BCUT2D eigenvalue weighted by atomic mass is 35.5. The Labute approximate surface area is 205 Å². The van der Waals surface area contributed by atoms with Gasteiger partial charge >= 0.3 is 12.1 Å². The van der Waals surface area contributed by atoms with Crippen LogP contribution in [0.15, 0.2) is 82.0 Å². The van der Waals surface area contributed by atoms with Crippen LogP contribution in [0.4, 0.5) is 18.9 Å². The van der Waals surface area contributed by atoms with Crippen molar-refractivity contribution >= 4 is 40.3 Å². The topological polar surface area (TPSA) is 99.6 Å². The fourth-order valence-electron chi connectivity index (χ4n) is 3.40. The van der Waals surface area contributed by atoms with Gasteiger partial charge < -0.3 is 9.15 Å².